The number of carbonyl (C=O) groups is 1. The summed E-state index contributed by atoms with van der Waals surface area (Å²) < 4.78 is 112. The molecule has 0 atom stereocenters. The third-order valence-electron chi connectivity index (χ3n) is 3.23. The van der Waals surface area contributed by atoms with E-state index in [1.54, 1.807) is 5.32 Å². The van der Waals surface area contributed by atoms with Gasteiger partial charge in [-0.15, -0.1) is 0 Å². The van der Waals surface area contributed by atoms with E-state index in [0.29, 0.717) is 0 Å². The van der Waals surface area contributed by atoms with Crippen molar-refractivity contribution in [2.75, 3.05) is 5.32 Å². The number of anilines is 1. The Balaban J connectivity index is 2.49. The van der Waals surface area contributed by atoms with Gasteiger partial charge in [-0.2, -0.15) is 34.8 Å². The molecule has 2 rings (SSSR count). The molecule has 158 valence electrons. The van der Waals surface area contributed by atoms with Crippen molar-refractivity contribution in [2.45, 2.75) is 12.4 Å². The predicted octanol–water partition coefficient (Wildman–Crippen LogP) is 4.81. The average Bonchev–Trinajstić information content (AvgIpc) is 2.53. The molecule has 0 heterocycles. The van der Waals surface area contributed by atoms with E-state index in [-0.39, 0.29) is 23.2 Å². The van der Waals surface area contributed by atoms with E-state index in [0.717, 1.165) is 18.2 Å². The molecule has 2 N–H and O–H groups in total. The summed E-state index contributed by atoms with van der Waals surface area (Å²) >= 11 is 5.66. The number of halogens is 7. The number of hydrogen-bond donors (Lipinski definition) is 2. The minimum atomic E-state index is -5.14. The van der Waals surface area contributed by atoms with Crippen LogP contribution in [0, 0.1) is 0 Å². The molecule has 0 fully saturated rings. The zero-order valence-corrected chi connectivity index (χ0v) is 15.2. The number of amides is 1. The fourth-order valence-electron chi connectivity index (χ4n) is 2.09. The predicted molar refractivity (Wildman–Crippen MR) is 88.0 cm³/mol. The molecule has 0 saturated carbocycles. The summed E-state index contributed by atoms with van der Waals surface area (Å²) in [5, 5.41) is 1.64. The third kappa shape index (κ3) is 6.24. The Kier molecular flexibility index (Phi) is 6.07. The summed E-state index contributed by atoms with van der Waals surface area (Å²) in [6.07, 6.45) is -10.3. The van der Waals surface area contributed by atoms with Crippen molar-refractivity contribution >= 4 is 33.6 Å². The van der Waals surface area contributed by atoms with Crippen molar-refractivity contribution < 1.29 is 48.3 Å². The first-order chi connectivity index (χ1) is 13.1. The van der Waals surface area contributed by atoms with Crippen LogP contribution in [0.2, 0.25) is 5.02 Å². The van der Waals surface area contributed by atoms with Crippen LogP contribution in [0.25, 0.3) is 0 Å². The minimum absolute atomic E-state index is 0.137. The SMILES string of the molecule is O=C(Nc1cc(C(F)(F)F)cc(C(F)(F)F)c1)c1cc(Cl)ccc1OS(=O)(=O)O. The lowest BCUT2D eigenvalue weighted by Gasteiger charge is -2.15. The molecule has 29 heavy (non-hydrogen) atoms. The van der Waals surface area contributed by atoms with E-state index in [4.69, 9.17) is 16.2 Å². The van der Waals surface area contributed by atoms with Gasteiger partial charge in [0.1, 0.15) is 0 Å². The maximum Gasteiger partial charge on any atom is 0.446 e. The molecular weight excluding hydrogens is 456 g/mol. The standard InChI is InChI=1S/C15H8ClF6NO5S/c16-9-1-2-12(28-29(25,26)27)11(6-9)13(24)23-10-4-7(14(17,18)19)3-8(5-10)15(20,21)22/h1-6H,(H,23,24)(H,25,26,27). The van der Waals surface area contributed by atoms with Crippen LogP contribution in [0.4, 0.5) is 32.0 Å². The smallest absolute Gasteiger partial charge is 0.361 e. The lowest BCUT2D eigenvalue weighted by Crippen LogP contribution is -2.17. The first-order valence-electron chi connectivity index (χ1n) is 7.13. The molecule has 14 heteroatoms. The Morgan fingerprint density at radius 3 is 1.93 bits per heavy atom. The molecule has 0 unspecified atom stereocenters. The van der Waals surface area contributed by atoms with E-state index in [9.17, 15) is 39.6 Å². The van der Waals surface area contributed by atoms with Crippen molar-refractivity contribution in [2.24, 2.45) is 0 Å². The summed E-state index contributed by atoms with van der Waals surface area (Å²) in [7, 11) is -5.09. The first kappa shape index (κ1) is 22.8. The van der Waals surface area contributed by atoms with Gasteiger partial charge in [0.15, 0.2) is 5.75 Å². The molecular formula is C15H8ClF6NO5S. The van der Waals surface area contributed by atoms with Gasteiger partial charge in [-0.3, -0.25) is 9.35 Å². The normalized spacial score (nSPS) is 12.6. The average molecular weight is 464 g/mol. The molecule has 0 saturated heterocycles. The van der Waals surface area contributed by atoms with Gasteiger partial charge in [0.25, 0.3) is 5.91 Å². The van der Waals surface area contributed by atoms with Crippen molar-refractivity contribution in [3.8, 4) is 5.75 Å². The maximum absolute atomic E-state index is 12.9. The van der Waals surface area contributed by atoms with Crippen LogP contribution < -0.4 is 9.50 Å². The Bertz CT molecular complexity index is 1020. The van der Waals surface area contributed by atoms with Crippen LogP contribution in [0.5, 0.6) is 5.75 Å². The van der Waals surface area contributed by atoms with Crippen molar-refractivity contribution in [1.29, 1.82) is 0 Å². The summed E-state index contributed by atoms with van der Waals surface area (Å²) in [6.45, 7) is 0. The molecule has 0 spiro atoms. The number of rotatable bonds is 4. The largest absolute Gasteiger partial charge is 0.446 e. The summed E-state index contributed by atoms with van der Waals surface area (Å²) in [6, 6.07) is 3.10. The van der Waals surface area contributed by atoms with Crippen LogP contribution in [0.1, 0.15) is 21.5 Å². The van der Waals surface area contributed by atoms with Gasteiger partial charge in [-0.1, -0.05) is 11.6 Å². The van der Waals surface area contributed by atoms with Crippen molar-refractivity contribution in [3.63, 3.8) is 0 Å². The molecule has 0 aromatic heterocycles. The van der Waals surface area contributed by atoms with Gasteiger partial charge in [-0.25, -0.2) is 0 Å². The summed E-state index contributed by atoms with van der Waals surface area (Å²) in [5.74, 6) is -2.11. The Morgan fingerprint density at radius 1 is 0.966 bits per heavy atom. The monoisotopic (exact) mass is 463 g/mol. The van der Waals surface area contributed by atoms with Gasteiger partial charge in [-0.05, 0) is 36.4 Å². The Labute approximate surface area is 164 Å². The molecule has 0 aliphatic rings. The number of alkyl halides is 6. The second-order valence-electron chi connectivity index (χ2n) is 5.40. The fraction of sp³-hybridized carbons (Fsp3) is 0.133. The van der Waals surface area contributed by atoms with E-state index >= 15 is 0 Å². The van der Waals surface area contributed by atoms with Gasteiger partial charge in [0.05, 0.1) is 16.7 Å². The van der Waals surface area contributed by atoms with Crippen LogP contribution in [-0.4, -0.2) is 18.9 Å². The van der Waals surface area contributed by atoms with E-state index < -0.39 is 56.8 Å². The maximum atomic E-state index is 12.9. The molecule has 0 aliphatic carbocycles. The molecule has 0 aliphatic heterocycles. The molecule has 2 aromatic rings. The number of carbonyl (C=O) groups excluding carboxylic acids is 1. The molecule has 0 bridgehead atoms. The zero-order valence-electron chi connectivity index (χ0n) is 13.6. The van der Waals surface area contributed by atoms with Gasteiger partial charge >= 0.3 is 22.8 Å². The number of hydrogen-bond acceptors (Lipinski definition) is 4. The van der Waals surface area contributed by atoms with E-state index in [1.807, 2.05) is 0 Å². The first-order valence-corrected chi connectivity index (χ1v) is 8.88. The van der Waals surface area contributed by atoms with Crippen LogP contribution in [0.15, 0.2) is 36.4 Å². The lowest BCUT2D eigenvalue weighted by atomic mass is 10.1. The summed E-state index contributed by atoms with van der Waals surface area (Å²) in [4.78, 5) is 12.3. The lowest BCUT2D eigenvalue weighted by molar-refractivity contribution is -0.143. The van der Waals surface area contributed by atoms with E-state index in [1.165, 1.54) is 0 Å². The molecule has 6 nitrogen and oxygen atoms in total. The molecule has 2 aromatic carbocycles. The zero-order chi connectivity index (χ0) is 22.2. The quantitative estimate of drug-likeness (QED) is 0.501. The van der Waals surface area contributed by atoms with Gasteiger partial charge < -0.3 is 9.50 Å². The van der Waals surface area contributed by atoms with Crippen molar-refractivity contribution in [3.05, 3.63) is 58.1 Å². The fourth-order valence-corrected chi connectivity index (χ4v) is 2.64. The molecule has 0 radical (unpaired) electrons. The number of benzene rings is 2. The minimum Gasteiger partial charge on any atom is -0.361 e. The highest BCUT2D eigenvalue weighted by molar-refractivity contribution is 7.81. The van der Waals surface area contributed by atoms with Gasteiger partial charge in [0, 0.05) is 10.7 Å². The summed E-state index contributed by atoms with van der Waals surface area (Å²) in [5.41, 5.74) is -4.91. The highest BCUT2D eigenvalue weighted by atomic mass is 35.5. The van der Waals surface area contributed by atoms with Crippen LogP contribution >= 0.6 is 11.6 Å². The third-order valence-corrected chi connectivity index (χ3v) is 3.85. The Morgan fingerprint density at radius 2 is 1.48 bits per heavy atom. The topological polar surface area (TPSA) is 92.7 Å². The van der Waals surface area contributed by atoms with Crippen LogP contribution in [0.3, 0.4) is 0 Å². The number of nitrogens with one attached hydrogen (secondary N) is 1. The van der Waals surface area contributed by atoms with Crippen molar-refractivity contribution in [1.82, 2.24) is 0 Å². The second kappa shape index (κ2) is 7.72. The van der Waals surface area contributed by atoms with E-state index in [2.05, 4.69) is 4.18 Å². The van der Waals surface area contributed by atoms with Crippen LogP contribution in [-0.2, 0) is 22.8 Å². The van der Waals surface area contributed by atoms with Gasteiger partial charge in [0.2, 0.25) is 0 Å². The molecule has 1 amide bonds. The highest BCUT2D eigenvalue weighted by Crippen LogP contribution is 2.37. The highest BCUT2D eigenvalue weighted by Gasteiger charge is 2.37. The second-order valence-corrected chi connectivity index (χ2v) is 6.86. The Hall–Kier alpha value is -2.51.